The highest BCUT2D eigenvalue weighted by Gasteiger charge is 2.08. The largest absolute Gasteiger partial charge is 0.481 e. The number of carboxylic acid groups (broad SMARTS) is 2. The van der Waals surface area contributed by atoms with Crippen molar-refractivity contribution in [3.05, 3.63) is 0 Å². The Bertz CT molecular complexity index is 180. The van der Waals surface area contributed by atoms with E-state index in [4.69, 9.17) is 10.2 Å². The van der Waals surface area contributed by atoms with Crippen LogP contribution in [0.15, 0.2) is 0 Å². The molecule has 0 amide bonds. The summed E-state index contributed by atoms with van der Waals surface area (Å²) in [6.45, 7) is 1.37. The zero-order valence-corrected chi connectivity index (χ0v) is 8.74. The lowest BCUT2D eigenvalue weighted by molar-refractivity contribution is -0.137. The molecule has 0 saturated carbocycles. The van der Waals surface area contributed by atoms with Gasteiger partial charge in [-0.25, -0.2) is 0 Å². The maximum Gasteiger partial charge on any atom is 0.304 e. The van der Waals surface area contributed by atoms with E-state index in [1.165, 1.54) is 0 Å². The third-order valence-electron chi connectivity index (χ3n) is 1.70. The summed E-state index contributed by atoms with van der Waals surface area (Å²) < 4.78 is 0. The van der Waals surface area contributed by atoms with Gasteiger partial charge in [-0.05, 0) is 0 Å². The van der Waals surface area contributed by atoms with E-state index in [-0.39, 0.29) is 12.8 Å². The van der Waals surface area contributed by atoms with E-state index in [1.807, 2.05) is 0 Å². The lowest BCUT2D eigenvalue weighted by Gasteiger charge is -2.19. The van der Waals surface area contributed by atoms with Crippen LogP contribution >= 0.6 is 12.6 Å². The zero-order valence-electron chi connectivity index (χ0n) is 7.85. The molecule has 0 aliphatic carbocycles. The Morgan fingerprint density at radius 3 is 1.71 bits per heavy atom. The van der Waals surface area contributed by atoms with E-state index in [0.29, 0.717) is 25.4 Å². The van der Waals surface area contributed by atoms with Crippen LogP contribution in [0.3, 0.4) is 0 Å². The number of carboxylic acids is 2. The molecule has 0 aliphatic rings. The molecule has 0 aromatic carbocycles. The minimum absolute atomic E-state index is 0.0351. The van der Waals surface area contributed by atoms with Gasteiger partial charge in [0.15, 0.2) is 0 Å². The van der Waals surface area contributed by atoms with Crippen molar-refractivity contribution in [1.29, 1.82) is 0 Å². The van der Waals surface area contributed by atoms with Gasteiger partial charge in [-0.3, -0.25) is 9.59 Å². The van der Waals surface area contributed by atoms with Crippen molar-refractivity contribution in [2.75, 3.05) is 25.4 Å². The van der Waals surface area contributed by atoms with Crippen LogP contribution in [-0.2, 0) is 9.59 Å². The first kappa shape index (κ1) is 13.2. The summed E-state index contributed by atoms with van der Waals surface area (Å²) in [7, 11) is 0. The maximum absolute atomic E-state index is 10.3. The van der Waals surface area contributed by atoms with Gasteiger partial charge in [0.05, 0.1) is 12.8 Å². The molecule has 82 valence electrons. The van der Waals surface area contributed by atoms with Gasteiger partial charge in [0.25, 0.3) is 0 Å². The predicted molar refractivity (Wildman–Crippen MR) is 54.8 cm³/mol. The molecule has 0 heterocycles. The van der Waals surface area contributed by atoms with Gasteiger partial charge >= 0.3 is 11.9 Å². The Kier molecular flexibility index (Phi) is 7.23. The van der Waals surface area contributed by atoms with Gasteiger partial charge < -0.3 is 15.1 Å². The molecule has 6 heteroatoms. The van der Waals surface area contributed by atoms with Gasteiger partial charge in [0, 0.05) is 25.4 Å². The number of hydrogen-bond donors (Lipinski definition) is 3. The van der Waals surface area contributed by atoms with E-state index in [9.17, 15) is 9.59 Å². The number of carbonyl (C=O) groups is 2. The van der Waals surface area contributed by atoms with Crippen LogP contribution in [-0.4, -0.2) is 52.4 Å². The lowest BCUT2D eigenvalue weighted by atomic mass is 10.3. The van der Waals surface area contributed by atoms with Gasteiger partial charge in [-0.1, -0.05) is 0 Å². The normalized spacial score (nSPS) is 10.4. The number of aliphatic carboxylic acids is 2. The monoisotopic (exact) mass is 221 g/mol. The molecule has 0 bridgehead atoms. The maximum atomic E-state index is 10.3. The summed E-state index contributed by atoms with van der Waals surface area (Å²) in [6, 6.07) is 0. The predicted octanol–water partition coefficient (Wildman–Crippen LogP) is 0.168. The summed E-state index contributed by atoms with van der Waals surface area (Å²) in [5.74, 6) is -1.15. The van der Waals surface area contributed by atoms with Gasteiger partial charge in [0.2, 0.25) is 0 Å². The minimum atomic E-state index is -0.871. The third kappa shape index (κ3) is 7.88. The number of hydrogen-bond acceptors (Lipinski definition) is 4. The molecular formula is C8H15NO4S. The van der Waals surface area contributed by atoms with Crippen molar-refractivity contribution >= 4 is 24.6 Å². The lowest BCUT2D eigenvalue weighted by Crippen LogP contribution is -2.30. The second kappa shape index (κ2) is 7.64. The number of nitrogens with zero attached hydrogens (tertiary/aromatic N) is 1. The Morgan fingerprint density at radius 2 is 1.43 bits per heavy atom. The van der Waals surface area contributed by atoms with Gasteiger partial charge in [-0.15, -0.1) is 0 Å². The van der Waals surface area contributed by atoms with Crippen LogP contribution in [0, 0.1) is 0 Å². The first-order valence-electron chi connectivity index (χ1n) is 4.33. The summed E-state index contributed by atoms with van der Waals surface area (Å²) in [5.41, 5.74) is 0. The van der Waals surface area contributed by atoms with Crippen molar-refractivity contribution in [2.45, 2.75) is 12.8 Å². The van der Waals surface area contributed by atoms with E-state index in [2.05, 4.69) is 12.6 Å². The van der Waals surface area contributed by atoms with E-state index in [1.54, 1.807) is 4.90 Å². The average Bonchev–Trinajstić information content (AvgIpc) is 2.09. The summed E-state index contributed by atoms with van der Waals surface area (Å²) in [4.78, 5) is 22.4. The summed E-state index contributed by atoms with van der Waals surface area (Å²) in [6.07, 6.45) is 0.0702. The Labute approximate surface area is 88.1 Å². The molecule has 0 atom stereocenters. The molecule has 0 fully saturated rings. The second-order valence-electron chi connectivity index (χ2n) is 2.85. The summed E-state index contributed by atoms with van der Waals surface area (Å²) >= 11 is 4.01. The van der Waals surface area contributed by atoms with Crippen LogP contribution < -0.4 is 0 Å². The average molecular weight is 221 g/mol. The van der Waals surface area contributed by atoms with Crippen LogP contribution in [0.4, 0.5) is 0 Å². The minimum Gasteiger partial charge on any atom is -0.481 e. The van der Waals surface area contributed by atoms with Crippen LogP contribution in [0.1, 0.15) is 12.8 Å². The van der Waals surface area contributed by atoms with Crippen LogP contribution in [0.25, 0.3) is 0 Å². The van der Waals surface area contributed by atoms with Crippen molar-refractivity contribution < 1.29 is 19.8 Å². The standard InChI is InChI=1S/C8H15NO4S/c10-7(11)1-3-9(5-6-14)4-2-8(12)13/h14H,1-6H2,(H,10,11)(H,12,13). The highest BCUT2D eigenvalue weighted by atomic mass is 32.1. The number of thiol groups is 1. The van der Waals surface area contributed by atoms with Crippen molar-refractivity contribution in [1.82, 2.24) is 4.90 Å². The Balaban J connectivity index is 3.76. The Hall–Kier alpha value is -0.750. The molecule has 0 spiro atoms. The second-order valence-corrected chi connectivity index (χ2v) is 3.30. The van der Waals surface area contributed by atoms with Crippen LogP contribution in [0.2, 0.25) is 0 Å². The molecule has 0 rings (SSSR count). The SMILES string of the molecule is O=C(O)CCN(CCS)CCC(=O)O. The molecule has 14 heavy (non-hydrogen) atoms. The topological polar surface area (TPSA) is 77.8 Å². The molecule has 0 radical (unpaired) electrons. The zero-order chi connectivity index (χ0) is 11.0. The van der Waals surface area contributed by atoms with Gasteiger partial charge in [-0.2, -0.15) is 12.6 Å². The molecule has 0 unspecified atom stereocenters. The molecule has 0 aromatic heterocycles. The first-order valence-corrected chi connectivity index (χ1v) is 4.96. The molecule has 0 saturated heterocycles. The highest BCUT2D eigenvalue weighted by Crippen LogP contribution is 1.95. The van der Waals surface area contributed by atoms with Crippen molar-refractivity contribution in [2.24, 2.45) is 0 Å². The molecule has 5 nitrogen and oxygen atoms in total. The fourth-order valence-corrected chi connectivity index (χ4v) is 1.27. The van der Waals surface area contributed by atoms with Crippen molar-refractivity contribution in [3.63, 3.8) is 0 Å². The molecule has 2 N–H and O–H groups in total. The molecule has 0 aliphatic heterocycles. The van der Waals surface area contributed by atoms with Crippen LogP contribution in [0.5, 0.6) is 0 Å². The third-order valence-corrected chi connectivity index (χ3v) is 1.90. The summed E-state index contributed by atoms with van der Waals surface area (Å²) in [5, 5.41) is 16.9. The van der Waals surface area contributed by atoms with Gasteiger partial charge in [0.1, 0.15) is 0 Å². The quantitative estimate of drug-likeness (QED) is 0.509. The van der Waals surface area contributed by atoms with E-state index < -0.39 is 11.9 Å². The van der Waals surface area contributed by atoms with E-state index >= 15 is 0 Å². The van der Waals surface area contributed by atoms with Crippen molar-refractivity contribution in [3.8, 4) is 0 Å². The fourth-order valence-electron chi connectivity index (χ4n) is 0.984. The first-order chi connectivity index (χ1) is 6.56. The molecule has 0 aromatic rings. The Morgan fingerprint density at radius 1 is 1.00 bits per heavy atom. The smallest absolute Gasteiger partial charge is 0.304 e. The fraction of sp³-hybridized carbons (Fsp3) is 0.750. The van der Waals surface area contributed by atoms with E-state index in [0.717, 1.165) is 0 Å². The molecular weight excluding hydrogens is 206 g/mol. The number of rotatable bonds is 8. The highest BCUT2D eigenvalue weighted by molar-refractivity contribution is 7.80.